The predicted molar refractivity (Wildman–Crippen MR) is 77.7 cm³/mol. The van der Waals surface area contributed by atoms with Gasteiger partial charge in [0, 0.05) is 24.0 Å². The summed E-state index contributed by atoms with van der Waals surface area (Å²) in [5.74, 6) is 0.0838. The molecule has 1 heterocycles. The molecule has 1 atom stereocenters. The second-order valence-corrected chi connectivity index (χ2v) is 6.00. The fourth-order valence-corrected chi connectivity index (χ4v) is 2.80. The Balaban J connectivity index is 1.59. The molecule has 1 saturated heterocycles. The third-order valence-electron chi connectivity index (χ3n) is 3.96. The molecule has 108 valence electrons. The van der Waals surface area contributed by atoms with Gasteiger partial charge >= 0.3 is 0 Å². The van der Waals surface area contributed by atoms with E-state index in [0.717, 1.165) is 36.6 Å². The molecule has 0 radical (unpaired) electrons. The molecule has 5 heteroatoms. The summed E-state index contributed by atoms with van der Waals surface area (Å²) in [7, 11) is 0. The summed E-state index contributed by atoms with van der Waals surface area (Å²) in [6.07, 6.45) is 2.46. The van der Waals surface area contributed by atoms with Gasteiger partial charge in [0.1, 0.15) is 0 Å². The Morgan fingerprint density at radius 2 is 2.15 bits per heavy atom. The molecule has 0 aromatic heterocycles. The molecule has 0 spiro atoms. The number of rotatable bonds is 4. The van der Waals surface area contributed by atoms with Gasteiger partial charge in [-0.1, -0.05) is 23.7 Å². The summed E-state index contributed by atoms with van der Waals surface area (Å²) in [5, 5.41) is 7.19. The summed E-state index contributed by atoms with van der Waals surface area (Å²) < 4.78 is 5.37. The van der Waals surface area contributed by atoms with E-state index in [0.29, 0.717) is 13.0 Å². The lowest BCUT2D eigenvalue weighted by molar-refractivity contribution is -0.123. The monoisotopic (exact) mass is 294 g/mol. The molecule has 1 amide bonds. The van der Waals surface area contributed by atoms with Crippen LogP contribution in [0.3, 0.4) is 0 Å². The van der Waals surface area contributed by atoms with Crippen molar-refractivity contribution in [3.05, 3.63) is 34.9 Å². The van der Waals surface area contributed by atoms with Crippen molar-refractivity contribution in [3.8, 4) is 0 Å². The first-order valence-electron chi connectivity index (χ1n) is 7.06. The first-order valence-corrected chi connectivity index (χ1v) is 7.44. The second kappa shape index (κ2) is 5.72. The SMILES string of the molecule is O=C(CC1COCCN1)NC1(c2ccc(Cl)cc2)CC1. The molecule has 1 aliphatic carbocycles. The smallest absolute Gasteiger partial charge is 0.222 e. The van der Waals surface area contributed by atoms with E-state index >= 15 is 0 Å². The predicted octanol–water partition coefficient (Wildman–Crippen LogP) is 1.82. The molecule has 1 unspecified atom stereocenters. The van der Waals surface area contributed by atoms with Gasteiger partial charge in [0.15, 0.2) is 0 Å². The number of ether oxygens (including phenoxy) is 1. The summed E-state index contributed by atoms with van der Waals surface area (Å²) in [6, 6.07) is 7.87. The number of hydrogen-bond donors (Lipinski definition) is 2. The molecule has 1 aromatic rings. The van der Waals surface area contributed by atoms with E-state index in [1.807, 2.05) is 24.3 Å². The lowest BCUT2D eigenvalue weighted by Crippen LogP contribution is -2.45. The minimum absolute atomic E-state index is 0.0838. The van der Waals surface area contributed by atoms with Gasteiger partial charge in [0.25, 0.3) is 0 Å². The average Bonchev–Trinajstić information content (AvgIpc) is 3.21. The van der Waals surface area contributed by atoms with Gasteiger partial charge in [-0.3, -0.25) is 4.79 Å². The van der Waals surface area contributed by atoms with Gasteiger partial charge in [-0.2, -0.15) is 0 Å². The number of amides is 1. The normalized spacial score (nSPS) is 24.1. The van der Waals surface area contributed by atoms with Crippen LogP contribution < -0.4 is 10.6 Å². The van der Waals surface area contributed by atoms with E-state index in [1.54, 1.807) is 0 Å². The molecule has 2 N–H and O–H groups in total. The fraction of sp³-hybridized carbons (Fsp3) is 0.533. The van der Waals surface area contributed by atoms with E-state index < -0.39 is 0 Å². The minimum Gasteiger partial charge on any atom is -0.378 e. The number of carbonyl (C=O) groups excluding carboxylic acids is 1. The summed E-state index contributed by atoms with van der Waals surface area (Å²) in [6.45, 7) is 2.16. The standard InChI is InChI=1S/C15H19ClN2O2/c16-12-3-1-11(2-4-12)15(5-6-15)18-14(19)9-13-10-20-8-7-17-13/h1-4,13,17H,5-10H2,(H,18,19). The highest BCUT2D eigenvalue weighted by atomic mass is 35.5. The van der Waals surface area contributed by atoms with Crippen molar-refractivity contribution in [1.29, 1.82) is 0 Å². The largest absolute Gasteiger partial charge is 0.378 e. The number of morpholine rings is 1. The van der Waals surface area contributed by atoms with Crippen molar-refractivity contribution in [2.45, 2.75) is 30.8 Å². The maximum absolute atomic E-state index is 12.2. The molecular weight excluding hydrogens is 276 g/mol. The molecule has 2 fully saturated rings. The maximum atomic E-state index is 12.2. The minimum atomic E-state index is -0.169. The van der Waals surface area contributed by atoms with Crippen molar-refractivity contribution < 1.29 is 9.53 Å². The topological polar surface area (TPSA) is 50.4 Å². The number of hydrogen-bond acceptors (Lipinski definition) is 3. The molecule has 20 heavy (non-hydrogen) atoms. The van der Waals surface area contributed by atoms with E-state index in [1.165, 1.54) is 0 Å². The van der Waals surface area contributed by atoms with Crippen molar-refractivity contribution >= 4 is 17.5 Å². The maximum Gasteiger partial charge on any atom is 0.222 e. The Morgan fingerprint density at radius 1 is 1.40 bits per heavy atom. The second-order valence-electron chi connectivity index (χ2n) is 5.57. The highest BCUT2D eigenvalue weighted by Gasteiger charge is 2.45. The molecule has 3 rings (SSSR count). The third-order valence-corrected chi connectivity index (χ3v) is 4.21. The van der Waals surface area contributed by atoms with Gasteiger partial charge in [-0.05, 0) is 30.5 Å². The van der Waals surface area contributed by atoms with E-state index in [4.69, 9.17) is 16.3 Å². The van der Waals surface area contributed by atoms with Crippen LogP contribution in [-0.2, 0) is 15.1 Å². The highest BCUT2D eigenvalue weighted by molar-refractivity contribution is 6.30. The van der Waals surface area contributed by atoms with Crippen LogP contribution in [-0.4, -0.2) is 31.7 Å². The zero-order valence-electron chi connectivity index (χ0n) is 11.3. The molecule has 4 nitrogen and oxygen atoms in total. The van der Waals surface area contributed by atoms with Gasteiger partial charge in [0.05, 0.1) is 18.8 Å². The van der Waals surface area contributed by atoms with Crippen LogP contribution in [0, 0.1) is 0 Å². The Labute approximate surface area is 123 Å². The average molecular weight is 295 g/mol. The molecule has 2 aliphatic rings. The zero-order valence-corrected chi connectivity index (χ0v) is 12.1. The van der Waals surface area contributed by atoms with E-state index in [9.17, 15) is 4.79 Å². The third kappa shape index (κ3) is 3.14. The van der Waals surface area contributed by atoms with Crippen molar-refractivity contribution in [1.82, 2.24) is 10.6 Å². The quantitative estimate of drug-likeness (QED) is 0.891. The van der Waals surface area contributed by atoms with Crippen LogP contribution >= 0.6 is 11.6 Å². The number of carbonyl (C=O) groups is 1. The Hall–Kier alpha value is -1.10. The Bertz CT molecular complexity index is 479. The summed E-state index contributed by atoms with van der Waals surface area (Å²) >= 11 is 5.91. The van der Waals surface area contributed by atoms with Crippen LogP contribution in [0.4, 0.5) is 0 Å². The Morgan fingerprint density at radius 3 is 2.75 bits per heavy atom. The van der Waals surface area contributed by atoms with Crippen LogP contribution in [0.5, 0.6) is 0 Å². The van der Waals surface area contributed by atoms with Crippen LogP contribution in [0.2, 0.25) is 5.02 Å². The number of halogens is 1. The lowest BCUT2D eigenvalue weighted by Gasteiger charge is -2.25. The van der Waals surface area contributed by atoms with Crippen LogP contribution in [0.1, 0.15) is 24.8 Å². The van der Waals surface area contributed by atoms with Gasteiger partial charge < -0.3 is 15.4 Å². The fourth-order valence-electron chi connectivity index (χ4n) is 2.67. The summed E-state index contributed by atoms with van der Waals surface area (Å²) in [5.41, 5.74) is 0.972. The molecule has 0 bridgehead atoms. The van der Waals surface area contributed by atoms with E-state index in [2.05, 4.69) is 10.6 Å². The van der Waals surface area contributed by atoms with Crippen molar-refractivity contribution in [3.63, 3.8) is 0 Å². The van der Waals surface area contributed by atoms with Crippen LogP contribution in [0.15, 0.2) is 24.3 Å². The Kier molecular flexibility index (Phi) is 3.96. The zero-order chi connectivity index (χ0) is 14.0. The van der Waals surface area contributed by atoms with Gasteiger partial charge in [-0.25, -0.2) is 0 Å². The first-order chi connectivity index (χ1) is 9.68. The van der Waals surface area contributed by atoms with Gasteiger partial charge in [-0.15, -0.1) is 0 Å². The van der Waals surface area contributed by atoms with E-state index in [-0.39, 0.29) is 17.5 Å². The molecule has 1 aromatic carbocycles. The summed E-state index contributed by atoms with van der Waals surface area (Å²) in [4.78, 5) is 12.2. The molecule has 1 saturated carbocycles. The lowest BCUT2D eigenvalue weighted by atomic mass is 10.0. The molecule has 1 aliphatic heterocycles. The highest BCUT2D eigenvalue weighted by Crippen LogP contribution is 2.45. The first kappa shape index (κ1) is 13.9. The molecular formula is C15H19ClN2O2. The van der Waals surface area contributed by atoms with Gasteiger partial charge in [0.2, 0.25) is 5.91 Å². The number of nitrogens with one attached hydrogen (secondary N) is 2. The van der Waals surface area contributed by atoms with Crippen LogP contribution in [0.25, 0.3) is 0 Å². The van der Waals surface area contributed by atoms with Crippen molar-refractivity contribution in [2.75, 3.05) is 19.8 Å². The van der Waals surface area contributed by atoms with Crippen molar-refractivity contribution in [2.24, 2.45) is 0 Å². The number of benzene rings is 1.